The molecule has 0 amide bonds. The minimum Gasteiger partial charge on any atom is -0.458 e. The monoisotopic (exact) mass is 309 g/mol. The molecule has 1 atom stereocenters. The first-order valence-corrected chi connectivity index (χ1v) is 7.79. The maximum atomic E-state index is 12.4. The first kappa shape index (κ1) is 16.9. The predicted molar refractivity (Wildman–Crippen MR) is 93.8 cm³/mol. The standard InChI is InChI=1S/C20H23NO2/c1-20(2,3)23-19(22)18(14-16-10-6-4-7-11-16)21-15-17-12-8-5-9-13-17/h4-13,15,18H,14H2,1-3H3. The number of benzene rings is 2. The quantitative estimate of drug-likeness (QED) is 0.617. The minimum atomic E-state index is -0.545. The van der Waals surface area contributed by atoms with Gasteiger partial charge in [0.05, 0.1) is 0 Å². The molecule has 120 valence electrons. The smallest absolute Gasteiger partial charge is 0.331 e. The highest BCUT2D eigenvalue weighted by atomic mass is 16.6. The van der Waals surface area contributed by atoms with Crippen molar-refractivity contribution in [3.05, 3.63) is 71.8 Å². The molecule has 0 bridgehead atoms. The highest BCUT2D eigenvalue weighted by Gasteiger charge is 2.24. The van der Waals surface area contributed by atoms with E-state index in [1.807, 2.05) is 81.4 Å². The van der Waals surface area contributed by atoms with Gasteiger partial charge in [0.25, 0.3) is 0 Å². The van der Waals surface area contributed by atoms with Crippen LogP contribution in [0.3, 0.4) is 0 Å². The number of esters is 1. The fourth-order valence-corrected chi connectivity index (χ4v) is 2.12. The fourth-order valence-electron chi connectivity index (χ4n) is 2.12. The van der Waals surface area contributed by atoms with E-state index < -0.39 is 11.6 Å². The number of carbonyl (C=O) groups excluding carboxylic acids is 1. The minimum absolute atomic E-state index is 0.298. The van der Waals surface area contributed by atoms with E-state index in [1.165, 1.54) is 0 Å². The summed E-state index contributed by atoms with van der Waals surface area (Å²) in [7, 11) is 0. The molecule has 0 N–H and O–H groups in total. The summed E-state index contributed by atoms with van der Waals surface area (Å²) in [6, 6.07) is 19.1. The van der Waals surface area contributed by atoms with Crippen LogP contribution >= 0.6 is 0 Å². The van der Waals surface area contributed by atoms with Crippen molar-refractivity contribution in [1.29, 1.82) is 0 Å². The predicted octanol–water partition coefficient (Wildman–Crippen LogP) is 4.06. The number of rotatable bonds is 5. The van der Waals surface area contributed by atoms with Gasteiger partial charge in [0.1, 0.15) is 5.60 Å². The van der Waals surface area contributed by atoms with Crippen molar-refractivity contribution in [3.63, 3.8) is 0 Å². The zero-order valence-corrected chi connectivity index (χ0v) is 13.9. The molecule has 23 heavy (non-hydrogen) atoms. The molecule has 0 aliphatic rings. The van der Waals surface area contributed by atoms with E-state index in [9.17, 15) is 4.79 Å². The summed E-state index contributed by atoms with van der Waals surface area (Å²) in [5, 5.41) is 0. The first-order valence-electron chi connectivity index (χ1n) is 7.79. The molecule has 0 aliphatic heterocycles. The van der Waals surface area contributed by atoms with Gasteiger partial charge in [-0.1, -0.05) is 60.7 Å². The van der Waals surface area contributed by atoms with Gasteiger partial charge in [-0.2, -0.15) is 0 Å². The maximum Gasteiger partial charge on any atom is 0.331 e. The van der Waals surface area contributed by atoms with Crippen LogP contribution in [0.15, 0.2) is 65.7 Å². The number of aliphatic imine (C=N–C) groups is 1. The van der Waals surface area contributed by atoms with Crippen LogP contribution in [0.25, 0.3) is 0 Å². The van der Waals surface area contributed by atoms with Crippen LogP contribution in [0.4, 0.5) is 0 Å². The third kappa shape index (κ3) is 6.07. The van der Waals surface area contributed by atoms with E-state index in [0.717, 1.165) is 11.1 Å². The van der Waals surface area contributed by atoms with Crippen molar-refractivity contribution < 1.29 is 9.53 Å². The molecule has 2 aromatic carbocycles. The van der Waals surface area contributed by atoms with E-state index in [4.69, 9.17) is 4.74 Å². The van der Waals surface area contributed by atoms with Crippen molar-refractivity contribution in [2.75, 3.05) is 0 Å². The van der Waals surface area contributed by atoms with Crippen molar-refractivity contribution >= 4 is 12.2 Å². The summed E-state index contributed by atoms with van der Waals surface area (Å²) in [5.74, 6) is -0.298. The number of ether oxygens (including phenoxy) is 1. The number of carbonyl (C=O) groups is 1. The zero-order valence-electron chi connectivity index (χ0n) is 13.9. The molecule has 0 saturated heterocycles. The fraction of sp³-hybridized carbons (Fsp3) is 0.300. The van der Waals surface area contributed by atoms with Gasteiger partial charge in [0, 0.05) is 12.6 Å². The Hall–Kier alpha value is -2.42. The van der Waals surface area contributed by atoms with E-state index >= 15 is 0 Å². The second-order valence-corrected chi connectivity index (χ2v) is 6.43. The average molecular weight is 309 g/mol. The SMILES string of the molecule is CC(C)(C)OC(=O)C(Cc1ccccc1)N=Cc1ccccc1. The van der Waals surface area contributed by atoms with Gasteiger partial charge in [-0.15, -0.1) is 0 Å². The van der Waals surface area contributed by atoms with Crippen LogP contribution in [0.2, 0.25) is 0 Å². The van der Waals surface area contributed by atoms with Crippen molar-refractivity contribution in [3.8, 4) is 0 Å². The third-order valence-corrected chi connectivity index (χ3v) is 3.15. The van der Waals surface area contributed by atoms with Gasteiger partial charge in [0.2, 0.25) is 0 Å². The molecule has 0 radical (unpaired) electrons. The lowest BCUT2D eigenvalue weighted by Crippen LogP contribution is -2.32. The van der Waals surface area contributed by atoms with Crippen LogP contribution in [0.5, 0.6) is 0 Å². The topological polar surface area (TPSA) is 38.7 Å². The second-order valence-electron chi connectivity index (χ2n) is 6.43. The number of hydrogen-bond acceptors (Lipinski definition) is 3. The molecule has 2 aromatic rings. The highest BCUT2D eigenvalue weighted by molar-refractivity contribution is 5.84. The highest BCUT2D eigenvalue weighted by Crippen LogP contribution is 2.13. The Morgan fingerprint density at radius 3 is 2.17 bits per heavy atom. The normalized spacial score (nSPS) is 13.0. The lowest BCUT2D eigenvalue weighted by molar-refractivity contribution is -0.156. The third-order valence-electron chi connectivity index (χ3n) is 3.15. The molecule has 0 aromatic heterocycles. The van der Waals surface area contributed by atoms with E-state index in [-0.39, 0.29) is 5.97 Å². The van der Waals surface area contributed by atoms with Gasteiger partial charge in [-0.25, -0.2) is 4.79 Å². The van der Waals surface area contributed by atoms with Gasteiger partial charge in [0.15, 0.2) is 6.04 Å². The average Bonchev–Trinajstić information content (AvgIpc) is 2.51. The van der Waals surface area contributed by atoms with Gasteiger partial charge in [-0.05, 0) is 31.9 Å². The lowest BCUT2D eigenvalue weighted by Gasteiger charge is -2.22. The van der Waals surface area contributed by atoms with Gasteiger partial charge < -0.3 is 4.74 Å². The Morgan fingerprint density at radius 1 is 1.04 bits per heavy atom. The zero-order chi connectivity index (χ0) is 16.7. The van der Waals surface area contributed by atoms with E-state index in [0.29, 0.717) is 6.42 Å². The summed E-state index contributed by atoms with van der Waals surface area (Å²) >= 11 is 0. The van der Waals surface area contributed by atoms with Crippen molar-refractivity contribution in [1.82, 2.24) is 0 Å². The van der Waals surface area contributed by atoms with Crippen LogP contribution in [0.1, 0.15) is 31.9 Å². The van der Waals surface area contributed by atoms with Crippen LogP contribution in [-0.4, -0.2) is 23.8 Å². The van der Waals surface area contributed by atoms with Gasteiger partial charge in [-0.3, -0.25) is 4.99 Å². The Kier molecular flexibility index (Phi) is 5.69. The summed E-state index contributed by atoms with van der Waals surface area (Å²) in [4.78, 5) is 16.9. The van der Waals surface area contributed by atoms with E-state index in [2.05, 4.69) is 4.99 Å². The summed E-state index contributed by atoms with van der Waals surface area (Å²) in [6.45, 7) is 5.60. The molecule has 2 rings (SSSR count). The second kappa shape index (κ2) is 7.73. The van der Waals surface area contributed by atoms with Crippen LogP contribution in [0, 0.1) is 0 Å². The number of nitrogens with zero attached hydrogens (tertiary/aromatic N) is 1. The van der Waals surface area contributed by atoms with Crippen molar-refractivity contribution in [2.24, 2.45) is 4.99 Å². The first-order chi connectivity index (χ1) is 10.9. The molecular formula is C20H23NO2. The van der Waals surface area contributed by atoms with Crippen LogP contribution in [-0.2, 0) is 16.0 Å². The Balaban J connectivity index is 2.17. The molecule has 0 saturated carbocycles. The summed E-state index contributed by atoms with van der Waals surface area (Å²) in [6.07, 6.45) is 2.26. The molecule has 0 aliphatic carbocycles. The molecule has 3 nitrogen and oxygen atoms in total. The lowest BCUT2D eigenvalue weighted by atomic mass is 10.1. The largest absolute Gasteiger partial charge is 0.458 e. The molecule has 0 fully saturated rings. The van der Waals surface area contributed by atoms with E-state index in [1.54, 1.807) is 6.21 Å². The Labute approximate surface area is 138 Å². The maximum absolute atomic E-state index is 12.4. The van der Waals surface area contributed by atoms with Gasteiger partial charge >= 0.3 is 5.97 Å². The molecule has 0 spiro atoms. The number of hydrogen-bond donors (Lipinski definition) is 0. The Bertz CT molecular complexity index is 642. The molecule has 1 unspecified atom stereocenters. The molecule has 0 heterocycles. The summed E-state index contributed by atoms with van der Waals surface area (Å²) in [5.41, 5.74) is 1.51. The summed E-state index contributed by atoms with van der Waals surface area (Å²) < 4.78 is 5.51. The van der Waals surface area contributed by atoms with Crippen LogP contribution < -0.4 is 0 Å². The molecule has 3 heteroatoms. The molecular weight excluding hydrogens is 286 g/mol. The van der Waals surface area contributed by atoms with Crippen molar-refractivity contribution in [2.45, 2.75) is 38.8 Å². The Morgan fingerprint density at radius 2 is 1.61 bits per heavy atom.